The van der Waals surface area contributed by atoms with E-state index in [1.165, 1.54) is 0 Å². The molecule has 0 radical (unpaired) electrons. The molecule has 1 saturated heterocycles. The Morgan fingerprint density at radius 1 is 1.24 bits per heavy atom. The van der Waals surface area contributed by atoms with Crippen molar-refractivity contribution in [2.75, 3.05) is 0 Å². The van der Waals surface area contributed by atoms with Gasteiger partial charge in [0.1, 0.15) is 17.9 Å². The number of nitrogens with two attached hydrogens (primary N) is 1. The number of nitrogens with one attached hydrogen (secondary N) is 1. The van der Waals surface area contributed by atoms with Crippen LogP contribution in [0.5, 0.6) is 5.75 Å². The summed E-state index contributed by atoms with van der Waals surface area (Å²) >= 11 is 0. The number of carbonyl (C=O) groups excluding carboxylic acids is 2. The van der Waals surface area contributed by atoms with E-state index in [2.05, 4.69) is 11.9 Å². The fourth-order valence-corrected chi connectivity index (χ4v) is 3.98. The maximum atomic E-state index is 12.7. The second-order valence-corrected chi connectivity index (χ2v) is 7.15. The number of rotatable bonds is 3. The summed E-state index contributed by atoms with van der Waals surface area (Å²) in [5.74, 6) is 0.509. The minimum Gasteiger partial charge on any atom is -0.489 e. The highest BCUT2D eigenvalue weighted by molar-refractivity contribution is 6.01. The second kappa shape index (κ2) is 6.19. The molecule has 3 aliphatic rings. The van der Waals surface area contributed by atoms with E-state index in [4.69, 9.17) is 10.5 Å². The maximum absolute atomic E-state index is 12.7. The van der Waals surface area contributed by atoms with E-state index in [9.17, 15) is 9.59 Å². The summed E-state index contributed by atoms with van der Waals surface area (Å²) in [4.78, 5) is 26.6. The van der Waals surface area contributed by atoms with Gasteiger partial charge in [0, 0.05) is 23.8 Å². The molecule has 6 heteroatoms. The van der Waals surface area contributed by atoms with Gasteiger partial charge in [-0.3, -0.25) is 9.59 Å². The van der Waals surface area contributed by atoms with Crippen molar-refractivity contribution in [1.29, 1.82) is 0 Å². The number of ether oxygens (including phenoxy) is 1. The van der Waals surface area contributed by atoms with Gasteiger partial charge in [-0.1, -0.05) is 6.58 Å². The monoisotopic (exact) mass is 341 g/mol. The van der Waals surface area contributed by atoms with E-state index in [0.717, 1.165) is 30.6 Å². The first-order valence-corrected chi connectivity index (χ1v) is 8.87. The van der Waals surface area contributed by atoms with E-state index in [1.807, 2.05) is 12.1 Å². The molecule has 1 unspecified atom stereocenters. The SMILES string of the molecule is C=C1CCC(N2Cc3cc(O[C@H]4CCC[C@H]4N)ccc3C2=O)C(=O)N1. The van der Waals surface area contributed by atoms with Gasteiger partial charge in [0.2, 0.25) is 5.91 Å². The van der Waals surface area contributed by atoms with Crippen LogP contribution in [0.1, 0.15) is 48.0 Å². The molecule has 132 valence electrons. The van der Waals surface area contributed by atoms with E-state index in [0.29, 0.717) is 30.6 Å². The molecule has 2 amide bonds. The Hall–Kier alpha value is -2.34. The Bertz CT molecular complexity index is 745. The zero-order valence-electron chi connectivity index (χ0n) is 14.2. The number of fused-ring (bicyclic) bond motifs is 1. The lowest BCUT2D eigenvalue weighted by atomic mass is 10.0. The smallest absolute Gasteiger partial charge is 0.255 e. The van der Waals surface area contributed by atoms with Crippen LogP contribution in [0, 0.1) is 0 Å². The van der Waals surface area contributed by atoms with Crippen LogP contribution < -0.4 is 15.8 Å². The summed E-state index contributed by atoms with van der Waals surface area (Å²) in [6, 6.07) is 5.18. The third kappa shape index (κ3) is 2.91. The van der Waals surface area contributed by atoms with Crippen molar-refractivity contribution in [2.45, 2.75) is 56.8 Å². The van der Waals surface area contributed by atoms with E-state index in [-0.39, 0.29) is 24.0 Å². The minimum absolute atomic E-state index is 0.0430. The van der Waals surface area contributed by atoms with Gasteiger partial charge in [0.05, 0.1) is 0 Å². The van der Waals surface area contributed by atoms with Gasteiger partial charge in [-0.05, 0) is 55.9 Å². The number of carbonyl (C=O) groups is 2. The number of amides is 2. The molecule has 2 heterocycles. The topological polar surface area (TPSA) is 84.7 Å². The highest BCUT2D eigenvalue weighted by atomic mass is 16.5. The molecular weight excluding hydrogens is 318 g/mol. The maximum Gasteiger partial charge on any atom is 0.255 e. The van der Waals surface area contributed by atoms with Crippen molar-refractivity contribution in [3.8, 4) is 5.75 Å². The van der Waals surface area contributed by atoms with Crippen LogP contribution in [0.4, 0.5) is 0 Å². The van der Waals surface area contributed by atoms with Crippen molar-refractivity contribution in [1.82, 2.24) is 10.2 Å². The zero-order chi connectivity index (χ0) is 17.6. The van der Waals surface area contributed by atoms with Crippen molar-refractivity contribution in [2.24, 2.45) is 5.73 Å². The summed E-state index contributed by atoms with van der Waals surface area (Å²) in [5, 5.41) is 2.75. The Morgan fingerprint density at radius 3 is 2.80 bits per heavy atom. The molecule has 4 rings (SSSR count). The molecule has 2 fully saturated rings. The molecular formula is C19H23N3O3. The summed E-state index contributed by atoms with van der Waals surface area (Å²) in [5.41, 5.74) is 8.35. The predicted octanol–water partition coefficient (Wildman–Crippen LogP) is 1.69. The van der Waals surface area contributed by atoms with Crippen LogP contribution in [0.25, 0.3) is 0 Å². The lowest BCUT2D eigenvalue weighted by Gasteiger charge is -2.30. The van der Waals surface area contributed by atoms with Crippen molar-refractivity contribution in [3.05, 3.63) is 41.6 Å². The van der Waals surface area contributed by atoms with Gasteiger partial charge < -0.3 is 20.7 Å². The third-order valence-electron chi connectivity index (χ3n) is 5.40. The second-order valence-electron chi connectivity index (χ2n) is 7.15. The van der Waals surface area contributed by atoms with Crippen molar-refractivity contribution in [3.63, 3.8) is 0 Å². The molecule has 2 aliphatic heterocycles. The molecule has 0 bridgehead atoms. The minimum atomic E-state index is -0.432. The first-order valence-electron chi connectivity index (χ1n) is 8.87. The molecule has 25 heavy (non-hydrogen) atoms. The van der Waals surface area contributed by atoms with Gasteiger partial charge >= 0.3 is 0 Å². The molecule has 6 nitrogen and oxygen atoms in total. The number of allylic oxidation sites excluding steroid dienone is 1. The number of nitrogens with zero attached hydrogens (tertiary/aromatic N) is 1. The predicted molar refractivity (Wildman–Crippen MR) is 92.9 cm³/mol. The average Bonchev–Trinajstić information content (AvgIpc) is 3.12. The Morgan fingerprint density at radius 2 is 2.08 bits per heavy atom. The van der Waals surface area contributed by atoms with Crippen LogP contribution >= 0.6 is 0 Å². The van der Waals surface area contributed by atoms with Gasteiger partial charge in [-0.15, -0.1) is 0 Å². The van der Waals surface area contributed by atoms with Crippen molar-refractivity contribution >= 4 is 11.8 Å². The quantitative estimate of drug-likeness (QED) is 0.876. The first kappa shape index (κ1) is 16.1. The lowest BCUT2D eigenvalue weighted by molar-refractivity contribution is -0.126. The molecule has 1 aliphatic carbocycles. The van der Waals surface area contributed by atoms with E-state index < -0.39 is 6.04 Å². The number of piperidine rings is 1. The largest absolute Gasteiger partial charge is 0.489 e. The van der Waals surface area contributed by atoms with Crippen LogP contribution in [0.2, 0.25) is 0 Å². The number of benzene rings is 1. The third-order valence-corrected chi connectivity index (χ3v) is 5.40. The molecule has 1 aromatic carbocycles. The zero-order valence-corrected chi connectivity index (χ0v) is 14.2. The lowest BCUT2D eigenvalue weighted by Crippen LogP contribution is -2.49. The average molecular weight is 341 g/mol. The Kier molecular flexibility index (Phi) is 4.00. The fraction of sp³-hybridized carbons (Fsp3) is 0.474. The summed E-state index contributed by atoms with van der Waals surface area (Å²) in [6.45, 7) is 4.23. The Labute approximate surface area is 147 Å². The molecule has 1 saturated carbocycles. The van der Waals surface area contributed by atoms with Gasteiger partial charge in [0.25, 0.3) is 5.91 Å². The summed E-state index contributed by atoms with van der Waals surface area (Å²) in [6.07, 6.45) is 4.40. The normalized spacial score (nSPS) is 28.9. The molecule has 0 spiro atoms. The highest BCUT2D eigenvalue weighted by Crippen LogP contribution is 2.32. The Balaban J connectivity index is 1.51. The molecule has 3 atom stereocenters. The van der Waals surface area contributed by atoms with Gasteiger partial charge in [-0.2, -0.15) is 0 Å². The molecule has 0 aromatic heterocycles. The first-order chi connectivity index (χ1) is 12.0. The van der Waals surface area contributed by atoms with Gasteiger partial charge in [-0.25, -0.2) is 0 Å². The van der Waals surface area contributed by atoms with Crippen molar-refractivity contribution < 1.29 is 14.3 Å². The van der Waals surface area contributed by atoms with Crippen LogP contribution in [0.3, 0.4) is 0 Å². The fourth-order valence-electron chi connectivity index (χ4n) is 3.98. The summed E-state index contributed by atoms with van der Waals surface area (Å²) in [7, 11) is 0. The standard InChI is InChI=1S/C19H23N3O3/c1-11-5-8-16(18(23)21-11)22-10-12-9-13(6-7-14(12)19(22)24)25-17-4-2-3-15(17)20/h6-7,9,15-17H,1-5,8,10,20H2,(H,21,23)/t15-,16?,17+/m1/s1. The van der Waals surface area contributed by atoms with Crippen LogP contribution in [-0.4, -0.2) is 34.9 Å². The van der Waals surface area contributed by atoms with E-state index in [1.54, 1.807) is 11.0 Å². The number of hydrogen-bond acceptors (Lipinski definition) is 4. The van der Waals surface area contributed by atoms with E-state index >= 15 is 0 Å². The van der Waals surface area contributed by atoms with Crippen LogP contribution in [-0.2, 0) is 11.3 Å². The molecule has 3 N–H and O–H groups in total. The molecule has 1 aromatic rings. The van der Waals surface area contributed by atoms with Crippen LogP contribution in [0.15, 0.2) is 30.5 Å². The number of hydrogen-bond donors (Lipinski definition) is 2. The summed E-state index contributed by atoms with van der Waals surface area (Å²) < 4.78 is 6.02. The van der Waals surface area contributed by atoms with Gasteiger partial charge in [0.15, 0.2) is 0 Å². The highest BCUT2D eigenvalue weighted by Gasteiger charge is 2.38.